The highest BCUT2D eigenvalue weighted by molar-refractivity contribution is 5.34. The smallest absolute Gasteiger partial charge is 0.00172 e. The molecule has 0 bridgehead atoms. The predicted molar refractivity (Wildman–Crippen MR) is 78.7 cm³/mol. The van der Waals surface area contributed by atoms with Crippen molar-refractivity contribution in [3.63, 3.8) is 0 Å². The van der Waals surface area contributed by atoms with E-state index in [4.69, 9.17) is 5.73 Å². The van der Waals surface area contributed by atoms with Gasteiger partial charge in [0.1, 0.15) is 0 Å². The molecule has 1 saturated carbocycles. The molecule has 0 aliphatic heterocycles. The van der Waals surface area contributed by atoms with Gasteiger partial charge in [0.15, 0.2) is 0 Å². The van der Waals surface area contributed by atoms with Gasteiger partial charge in [-0.15, -0.1) is 0 Å². The summed E-state index contributed by atoms with van der Waals surface area (Å²) in [7, 11) is 0. The van der Waals surface area contributed by atoms with Crippen LogP contribution in [-0.4, -0.2) is 6.54 Å². The summed E-state index contributed by atoms with van der Waals surface area (Å²) in [4.78, 5) is 0. The first-order valence-electron chi connectivity index (χ1n) is 7.31. The fraction of sp³-hybridized carbons (Fsp3) is 0.647. The van der Waals surface area contributed by atoms with Crippen LogP contribution in [0.15, 0.2) is 18.2 Å². The van der Waals surface area contributed by atoms with E-state index < -0.39 is 0 Å². The van der Waals surface area contributed by atoms with Crippen LogP contribution in [0.5, 0.6) is 0 Å². The molecule has 1 fully saturated rings. The van der Waals surface area contributed by atoms with Gasteiger partial charge in [0.05, 0.1) is 0 Å². The van der Waals surface area contributed by atoms with E-state index in [9.17, 15) is 0 Å². The molecule has 0 heterocycles. The quantitative estimate of drug-likeness (QED) is 0.855. The van der Waals surface area contributed by atoms with Crippen molar-refractivity contribution in [3.05, 3.63) is 34.9 Å². The predicted octanol–water partition coefficient (Wildman–Crippen LogP) is 4.00. The first-order chi connectivity index (χ1) is 8.56. The number of benzene rings is 1. The second-order valence-electron chi connectivity index (χ2n) is 6.45. The summed E-state index contributed by atoms with van der Waals surface area (Å²) in [5.41, 5.74) is 10.9. The number of aryl methyl sites for hydroxylation is 2. The van der Waals surface area contributed by atoms with Crippen molar-refractivity contribution in [3.8, 4) is 0 Å². The topological polar surface area (TPSA) is 26.0 Å². The summed E-state index contributed by atoms with van der Waals surface area (Å²) in [6, 6.07) is 6.63. The van der Waals surface area contributed by atoms with Crippen molar-refractivity contribution in [2.75, 3.05) is 6.54 Å². The van der Waals surface area contributed by atoms with Crippen molar-refractivity contribution in [1.29, 1.82) is 0 Å². The standard InChI is InChI=1S/C17H27N/c1-13-6-5-9-17(10-13,12-18)11-16-14(2)7-4-8-15(16)3/h4,7-8,13H,5-6,9-12,18H2,1-3H3. The molecular formula is C17H27N. The van der Waals surface area contributed by atoms with Gasteiger partial charge in [-0.2, -0.15) is 0 Å². The largest absolute Gasteiger partial charge is 0.330 e. The zero-order chi connectivity index (χ0) is 13.2. The fourth-order valence-corrected chi connectivity index (χ4v) is 3.69. The van der Waals surface area contributed by atoms with E-state index in [0.29, 0.717) is 5.41 Å². The molecule has 0 spiro atoms. The molecule has 1 nitrogen and oxygen atoms in total. The zero-order valence-electron chi connectivity index (χ0n) is 12.1. The molecule has 1 aromatic rings. The second kappa shape index (κ2) is 5.44. The van der Waals surface area contributed by atoms with E-state index in [1.807, 2.05) is 0 Å². The van der Waals surface area contributed by atoms with E-state index in [1.54, 1.807) is 0 Å². The Labute approximate surface area is 112 Å². The van der Waals surface area contributed by atoms with Crippen LogP contribution in [0.2, 0.25) is 0 Å². The van der Waals surface area contributed by atoms with Gasteiger partial charge >= 0.3 is 0 Å². The minimum Gasteiger partial charge on any atom is -0.330 e. The van der Waals surface area contributed by atoms with E-state index in [2.05, 4.69) is 39.0 Å². The molecule has 18 heavy (non-hydrogen) atoms. The van der Waals surface area contributed by atoms with Gasteiger partial charge in [-0.3, -0.25) is 0 Å². The van der Waals surface area contributed by atoms with Gasteiger partial charge in [-0.05, 0) is 67.7 Å². The summed E-state index contributed by atoms with van der Waals surface area (Å²) in [6.45, 7) is 7.69. The van der Waals surface area contributed by atoms with Gasteiger partial charge in [-0.25, -0.2) is 0 Å². The van der Waals surface area contributed by atoms with Crippen molar-refractivity contribution in [2.45, 2.75) is 52.9 Å². The van der Waals surface area contributed by atoms with Crippen LogP contribution in [0.3, 0.4) is 0 Å². The highest BCUT2D eigenvalue weighted by Crippen LogP contribution is 2.41. The molecular weight excluding hydrogens is 218 g/mol. The van der Waals surface area contributed by atoms with Gasteiger partial charge in [0.2, 0.25) is 0 Å². The third kappa shape index (κ3) is 2.77. The minimum absolute atomic E-state index is 0.356. The highest BCUT2D eigenvalue weighted by atomic mass is 14.6. The lowest BCUT2D eigenvalue weighted by Crippen LogP contribution is -2.37. The zero-order valence-corrected chi connectivity index (χ0v) is 12.1. The van der Waals surface area contributed by atoms with Crippen LogP contribution >= 0.6 is 0 Å². The first-order valence-corrected chi connectivity index (χ1v) is 7.31. The maximum Gasteiger partial charge on any atom is -0.00172 e. The molecule has 0 amide bonds. The molecule has 1 aliphatic carbocycles. The molecule has 1 aliphatic rings. The van der Waals surface area contributed by atoms with Gasteiger partial charge < -0.3 is 5.73 Å². The van der Waals surface area contributed by atoms with Crippen molar-refractivity contribution >= 4 is 0 Å². The van der Waals surface area contributed by atoms with Crippen molar-refractivity contribution < 1.29 is 0 Å². The van der Waals surface area contributed by atoms with Crippen LogP contribution in [0, 0.1) is 25.2 Å². The van der Waals surface area contributed by atoms with E-state index in [0.717, 1.165) is 12.5 Å². The molecule has 0 radical (unpaired) electrons. The van der Waals surface area contributed by atoms with Crippen LogP contribution < -0.4 is 5.73 Å². The van der Waals surface area contributed by atoms with Crippen LogP contribution in [0.4, 0.5) is 0 Å². The summed E-state index contributed by atoms with van der Waals surface area (Å²) in [5.74, 6) is 0.839. The SMILES string of the molecule is Cc1cccc(C)c1CC1(CN)CCCC(C)C1. The summed E-state index contributed by atoms with van der Waals surface area (Å²) < 4.78 is 0. The lowest BCUT2D eigenvalue weighted by Gasteiger charge is -2.40. The van der Waals surface area contributed by atoms with Crippen LogP contribution in [0.25, 0.3) is 0 Å². The average molecular weight is 245 g/mol. The Kier molecular flexibility index (Phi) is 4.11. The summed E-state index contributed by atoms with van der Waals surface area (Å²) in [6.07, 6.45) is 6.52. The molecule has 1 heteroatoms. The van der Waals surface area contributed by atoms with E-state index in [1.165, 1.54) is 48.8 Å². The lowest BCUT2D eigenvalue weighted by molar-refractivity contribution is 0.153. The summed E-state index contributed by atoms with van der Waals surface area (Å²) in [5, 5.41) is 0. The molecule has 2 N–H and O–H groups in total. The molecule has 1 aromatic carbocycles. The lowest BCUT2D eigenvalue weighted by atomic mass is 9.66. The van der Waals surface area contributed by atoms with Gasteiger partial charge in [0.25, 0.3) is 0 Å². The molecule has 0 saturated heterocycles. The third-order valence-electron chi connectivity index (χ3n) is 4.81. The number of rotatable bonds is 3. The third-order valence-corrected chi connectivity index (χ3v) is 4.81. The van der Waals surface area contributed by atoms with Crippen molar-refractivity contribution in [2.24, 2.45) is 17.1 Å². The number of hydrogen-bond acceptors (Lipinski definition) is 1. The Balaban J connectivity index is 2.24. The fourth-order valence-electron chi connectivity index (χ4n) is 3.69. The Hall–Kier alpha value is -0.820. The average Bonchev–Trinajstić information content (AvgIpc) is 2.34. The Morgan fingerprint density at radius 3 is 2.50 bits per heavy atom. The first kappa shape index (κ1) is 13.6. The molecule has 0 aromatic heterocycles. The maximum atomic E-state index is 6.15. The Morgan fingerprint density at radius 2 is 1.94 bits per heavy atom. The minimum atomic E-state index is 0.356. The van der Waals surface area contributed by atoms with E-state index in [-0.39, 0.29) is 0 Å². The number of hydrogen-bond donors (Lipinski definition) is 1. The molecule has 2 unspecified atom stereocenters. The Morgan fingerprint density at radius 1 is 1.28 bits per heavy atom. The number of nitrogens with two attached hydrogens (primary N) is 1. The van der Waals surface area contributed by atoms with Crippen LogP contribution in [0.1, 0.15) is 49.3 Å². The maximum absolute atomic E-state index is 6.15. The molecule has 2 rings (SSSR count). The second-order valence-corrected chi connectivity index (χ2v) is 6.45. The monoisotopic (exact) mass is 245 g/mol. The molecule has 100 valence electrons. The van der Waals surface area contributed by atoms with Crippen LogP contribution in [-0.2, 0) is 6.42 Å². The summed E-state index contributed by atoms with van der Waals surface area (Å²) >= 11 is 0. The van der Waals surface area contributed by atoms with Gasteiger partial charge in [-0.1, -0.05) is 38.0 Å². The van der Waals surface area contributed by atoms with E-state index >= 15 is 0 Å². The van der Waals surface area contributed by atoms with Gasteiger partial charge in [0, 0.05) is 0 Å². The van der Waals surface area contributed by atoms with Crippen molar-refractivity contribution in [1.82, 2.24) is 0 Å². The normalized spacial score (nSPS) is 28.3. The molecule has 2 atom stereocenters. The highest BCUT2D eigenvalue weighted by Gasteiger charge is 2.34. The Bertz CT molecular complexity index is 390.